The molecule has 0 aliphatic heterocycles. The lowest BCUT2D eigenvalue weighted by Crippen LogP contribution is -2.46. The van der Waals surface area contributed by atoms with Crippen LogP contribution in [0.3, 0.4) is 0 Å². The molecule has 0 spiro atoms. The number of amides is 3. The van der Waals surface area contributed by atoms with E-state index in [1.807, 2.05) is 20.8 Å². The van der Waals surface area contributed by atoms with Crippen LogP contribution in [0.2, 0.25) is 0 Å². The minimum absolute atomic E-state index is 0.0141. The average Bonchev–Trinajstić information content (AvgIpc) is 3.52. The molecule has 0 atom stereocenters. The smallest absolute Gasteiger partial charge is 0.269 e. The zero-order chi connectivity index (χ0) is 20.5. The van der Waals surface area contributed by atoms with E-state index in [1.165, 1.54) is 12.1 Å². The summed E-state index contributed by atoms with van der Waals surface area (Å²) < 4.78 is 16.7. The van der Waals surface area contributed by atoms with Gasteiger partial charge in [0.15, 0.2) is 11.5 Å². The van der Waals surface area contributed by atoms with E-state index in [-0.39, 0.29) is 23.9 Å². The number of carbonyl (C=O) groups excluding carboxylic acids is 3. The largest absolute Gasteiger partial charge is 0.490 e. The fourth-order valence-corrected chi connectivity index (χ4v) is 2.42. The Morgan fingerprint density at radius 3 is 2.00 bits per heavy atom. The second-order valence-corrected chi connectivity index (χ2v) is 6.10. The zero-order valence-corrected chi connectivity index (χ0v) is 16.4. The summed E-state index contributed by atoms with van der Waals surface area (Å²) >= 11 is 0. The van der Waals surface area contributed by atoms with Crippen LogP contribution < -0.4 is 30.4 Å². The van der Waals surface area contributed by atoms with Crippen molar-refractivity contribution >= 4 is 17.7 Å². The highest BCUT2D eigenvalue weighted by Gasteiger charge is 2.29. The van der Waals surface area contributed by atoms with E-state index in [1.54, 1.807) is 0 Å². The van der Waals surface area contributed by atoms with Gasteiger partial charge < -0.3 is 19.5 Å². The molecular formula is C19H27N3O6. The number of hydrazine groups is 1. The van der Waals surface area contributed by atoms with Gasteiger partial charge in [0.25, 0.3) is 11.8 Å². The summed E-state index contributed by atoms with van der Waals surface area (Å²) in [7, 11) is 0. The molecule has 3 amide bonds. The van der Waals surface area contributed by atoms with Gasteiger partial charge in [0, 0.05) is 11.5 Å². The van der Waals surface area contributed by atoms with Crippen molar-refractivity contribution < 1.29 is 28.6 Å². The number of hydrogen-bond acceptors (Lipinski definition) is 6. The molecule has 9 heteroatoms. The van der Waals surface area contributed by atoms with E-state index in [0.717, 1.165) is 12.8 Å². The van der Waals surface area contributed by atoms with E-state index in [2.05, 4.69) is 16.2 Å². The van der Waals surface area contributed by atoms with Crippen LogP contribution >= 0.6 is 0 Å². The van der Waals surface area contributed by atoms with Gasteiger partial charge in [0.2, 0.25) is 11.7 Å². The highest BCUT2D eigenvalue weighted by Crippen LogP contribution is 2.39. The van der Waals surface area contributed by atoms with Crippen LogP contribution in [0, 0.1) is 5.92 Å². The van der Waals surface area contributed by atoms with Crippen molar-refractivity contribution in [3.8, 4) is 17.2 Å². The number of carbonyl (C=O) groups is 3. The third-order valence-corrected chi connectivity index (χ3v) is 3.86. The van der Waals surface area contributed by atoms with Crippen LogP contribution in [-0.4, -0.2) is 44.1 Å². The molecule has 9 nitrogen and oxygen atoms in total. The first-order valence-corrected chi connectivity index (χ1v) is 9.43. The monoisotopic (exact) mass is 393 g/mol. The van der Waals surface area contributed by atoms with Gasteiger partial charge in [-0.3, -0.25) is 25.2 Å². The van der Waals surface area contributed by atoms with Crippen LogP contribution in [0.4, 0.5) is 0 Å². The molecule has 154 valence electrons. The molecule has 1 aliphatic rings. The molecule has 1 saturated carbocycles. The highest BCUT2D eigenvalue weighted by molar-refractivity contribution is 5.97. The van der Waals surface area contributed by atoms with Gasteiger partial charge in [-0.2, -0.15) is 0 Å². The number of benzene rings is 1. The van der Waals surface area contributed by atoms with Crippen molar-refractivity contribution in [1.82, 2.24) is 16.2 Å². The summed E-state index contributed by atoms with van der Waals surface area (Å²) in [6.45, 7) is 6.45. The van der Waals surface area contributed by atoms with E-state index >= 15 is 0 Å². The van der Waals surface area contributed by atoms with E-state index < -0.39 is 11.8 Å². The number of nitrogens with one attached hydrogen (secondary N) is 3. The molecule has 1 aromatic rings. The molecular weight excluding hydrogens is 366 g/mol. The Labute approximate surface area is 164 Å². The Kier molecular flexibility index (Phi) is 7.91. The molecule has 0 saturated heterocycles. The van der Waals surface area contributed by atoms with Crippen molar-refractivity contribution in [2.45, 2.75) is 33.6 Å². The Morgan fingerprint density at radius 2 is 1.50 bits per heavy atom. The minimum Gasteiger partial charge on any atom is -0.490 e. The standard InChI is InChI=1S/C19H27N3O6/c1-4-26-14-9-13(10-15(27-5-2)17(14)28-6-3)19(25)22-21-16(23)11-20-18(24)12-7-8-12/h9-10,12H,4-8,11H2,1-3H3,(H,20,24)(H,21,23)(H,22,25). The summed E-state index contributed by atoms with van der Waals surface area (Å²) in [6.07, 6.45) is 1.71. The van der Waals surface area contributed by atoms with Crippen LogP contribution in [0.5, 0.6) is 17.2 Å². The first-order chi connectivity index (χ1) is 13.5. The van der Waals surface area contributed by atoms with Crippen LogP contribution in [0.1, 0.15) is 44.0 Å². The maximum Gasteiger partial charge on any atom is 0.269 e. The van der Waals surface area contributed by atoms with E-state index in [9.17, 15) is 14.4 Å². The van der Waals surface area contributed by atoms with Crippen molar-refractivity contribution in [2.24, 2.45) is 5.92 Å². The fraction of sp³-hybridized carbons (Fsp3) is 0.526. The van der Waals surface area contributed by atoms with Gasteiger partial charge in [-0.15, -0.1) is 0 Å². The highest BCUT2D eigenvalue weighted by atomic mass is 16.5. The minimum atomic E-state index is -0.549. The average molecular weight is 393 g/mol. The maximum atomic E-state index is 12.4. The lowest BCUT2D eigenvalue weighted by Gasteiger charge is -2.17. The molecule has 1 aromatic carbocycles. The first-order valence-electron chi connectivity index (χ1n) is 9.43. The SMILES string of the molecule is CCOc1cc(C(=O)NNC(=O)CNC(=O)C2CC2)cc(OCC)c1OCC. The van der Waals surface area contributed by atoms with Crippen molar-refractivity contribution in [2.75, 3.05) is 26.4 Å². The molecule has 28 heavy (non-hydrogen) atoms. The summed E-state index contributed by atoms with van der Waals surface area (Å²) in [4.78, 5) is 35.8. The van der Waals surface area contributed by atoms with Gasteiger partial charge in [0.1, 0.15) is 0 Å². The summed E-state index contributed by atoms with van der Waals surface area (Å²) in [5.41, 5.74) is 4.82. The molecule has 3 N–H and O–H groups in total. The Balaban J connectivity index is 2.01. The Morgan fingerprint density at radius 1 is 0.929 bits per heavy atom. The molecule has 0 aromatic heterocycles. The molecule has 0 heterocycles. The molecule has 0 radical (unpaired) electrons. The fourth-order valence-electron chi connectivity index (χ4n) is 2.42. The lowest BCUT2D eigenvalue weighted by atomic mass is 10.1. The summed E-state index contributed by atoms with van der Waals surface area (Å²) in [5, 5.41) is 2.52. The lowest BCUT2D eigenvalue weighted by molar-refractivity contribution is -0.127. The van der Waals surface area contributed by atoms with Crippen LogP contribution in [0.25, 0.3) is 0 Å². The molecule has 1 fully saturated rings. The normalized spacial score (nSPS) is 12.7. The first kappa shape index (κ1) is 21.3. The molecule has 2 rings (SSSR count). The molecule has 0 bridgehead atoms. The van der Waals surface area contributed by atoms with Crippen LogP contribution in [0.15, 0.2) is 12.1 Å². The second kappa shape index (κ2) is 10.4. The number of ether oxygens (including phenoxy) is 3. The van der Waals surface area contributed by atoms with Crippen LogP contribution in [-0.2, 0) is 9.59 Å². The van der Waals surface area contributed by atoms with Gasteiger partial charge in [0.05, 0.1) is 26.4 Å². The summed E-state index contributed by atoms with van der Waals surface area (Å²) in [5.74, 6) is -0.0207. The third kappa shape index (κ3) is 6.04. The Bertz CT molecular complexity index is 691. The second-order valence-electron chi connectivity index (χ2n) is 6.10. The van der Waals surface area contributed by atoms with Crippen molar-refractivity contribution in [3.05, 3.63) is 17.7 Å². The summed E-state index contributed by atoms with van der Waals surface area (Å²) in [6, 6.07) is 3.04. The number of hydrogen-bond donors (Lipinski definition) is 3. The zero-order valence-electron chi connectivity index (χ0n) is 16.4. The molecule has 1 aliphatic carbocycles. The quantitative estimate of drug-likeness (QED) is 0.514. The van der Waals surface area contributed by atoms with Gasteiger partial charge in [-0.25, -0.2) is 0 Å². The van der Waals surface area contributed by atoms with Crippen molar-refractivity contribution in [3.63, 3.8) is 0 Å². The maximum absolute atomic E-state index is 12.4. The molecule has 0 unspecified atom stereocenters. The van der Waals surface area contributed by atoms with Crippen molar-refractivity contribution in [1.29, 1.82) is 0 Å². The van der Waals surface area contributed by atoms with E-state index in [4.69, 9.17) is 14.2 Å². The van der Waals surface area contributed by atoms with Gasteiger partial charge in [-0.1, -0.05) is 0 Å². The Hall–Kier alpha value is -2.97. The third-order valence-electron chi connectivity index (χ3n) is 3.86. The predicted octanol–water partition coefficient (Wildman–Crippen LogP) is 1.17. The number of rotatable bonds is 10. The van der Waals surface area contributed by atoms with Gasteiger partial charge >= 0.3 is 0 Å². The predicted molar refractivity (Wildman–Crippen MR) is 101 cm³/mol. The van der Waals surface area contributed by atoms with Gasteiger partial charge in [-0.05, 0) is 45.7 Å². The van der Waals surface area contributed by atoms with E-state index in [0.29, 0.717) is 37.1 Å². The topological polar surface area (TPSA) is 115 Å².